The number of rotatable bonds is 5. The minimum absolute atomic E-state index is 0.319. The molecule has 5 nitrogen and oxygen atoms in total. The summed E-state index contributed by atoms with van der Waals surface area (Å²) in [5.41, 5.74) is 2.86. The van der Waals surface area contributed by atoms with Gasteiger partial charge in [-0.3, -0.25) is 4.84 Å². The van der Waals surface area contributed by atoms with Crippen LogP contribution in [0.5, 0.6) is 0 Å². The molecule has 0 aliphatic carbocycles. The number of aromatic nitrogens is 2. The van der Waals surface area contributed by atoms with E-state index in [4.69, 9.17) is 9.57 Å². The van der Waals surface area contributed by atoms with E-state index in [0.717, 1.165) is 25.5 Å². The van der Waals surface area contributed by atoms with Gasteiger partial charge in [-0.1, -0.05) is 13.8 Å². The quantitative estimate of drug-likeness (QED) is 0.793. The maximum Gasteiger partial charge on any atom is 0.153 e. The first-order chi connectivity index (χ1) is 8.25. The fourth-order valence-electron chi connectivity index (χ4n) is 1.66. The fourth-order valence-corrected chi connectivity index (χ4v) is 1.66. The van der Waals surface area contributed by atoms with Crippen molar-refractivity contribution < 1.29 is 9.57 Å². The molecule has 0 saturated carbocycles. The van der Waals surface area contributed by atoms with Gasteiger partial charge in [0.25, 0.3) is 0 Å². The summed E-state index contributed by atoms with van der Waals surface area (Å²) in [6, 6.07) is 1.80. The van der Waals surface area contributed by atoms with Crippen LogP contribution >= 0.6 is 0 Å². The third-order valence-electron chi connectivity index (χ3n) is 2.71. The lowest BCUT2D eigenvalue weighted by atomic mass is 10.1. The first-order valence-corrected chi connectivity index (χ1v) is 6.04. The second-order valence-electron chi connectivity index (χ2n) is 4.60. The summed E-state index contributed by atoms with van der Waals surface area (Å²) in [6.07, 6.45) is 2.81. The van der Waals surface area contributed by atoms with E-state index in [-0.39, 0.29) is 0 Å². The van der Waals surface area contributed by atoms with Crippen molar-refractivity contribution in [1.82, 2.24) is 9.97 Å². The molecule has 1 atom stereocenters. The lowest BCUT2D eigenvalue weighted by molar-refractivity contribution is 0.126. The lowest BCUT2D eigenvalue weighted by Crippen LogP contribution is -2.14. The van der Waals surface area contributed by atoms with Crippen LogP contribution in [0.25, 0.3) is 0 Å². The number of anilines is 1. The van der Waals surface area contributed by atoms with Crippen molar-refractivity contribution in [1.29, 1.82) is 0 Å². The lowest BCUT2D eigenvalue weighted by Gasteiger charge is -2.10. The summed E-state index contributed by atoms with van der Waals surface area (Å²) in [5.74, 6) is 2.35. The van der Waals surface area contributed by atoms with Gasteiger partial charge in [0.1, 0.15) is 5.82 Å². The number of hydrogen-bond donors (Lipinski definition) is 1. The van der Waals surface area contributed by atoms with Crippen molar-refractivity contribution in [3.05, 3.63) is 18.1 Å². The molecule has 94 valence electrons. The Morgan fingerprint density at radius 2 is 2.47 bits per heavy atom. The zero-order valence-corrected chi connectivity index (χ0v) is 10.3. The van der Waals surface area contributed by atoms with E-state index in [0.29, 0.717) is 24.3 Å². The normalized spacial score (nSPS) is 19.8. The molecule has 1 aliphatic rings. The second kappa shape index (κ2) is 5.93. The zero-order valence-electron chi connectivity index (χ0n) is 10.3. The van der Waals surface area contributed by atoms with Crippen molar-refractivity contribution in [3.8, 4) is 0 Å². The van der Waals surface area contributed by atoms with Crippen LogP contribution in [0.1, 0.15) is 32.0 Å². The Labute approximate surface area is 102 Å². The summed E-state index contributed by atoms with van der Waals surface area (Å²) in [5, 5.41) is 0. The number of ether oxygens (including phenoxy) is 1. The Balaban J connectivity index is 1.79. The highest BCUT2D eigenvalue weighted by Gasteiger charge is 2.15. The summed E-state index contributed by atoms with van der Waals surface area (Å²) < 4.78 is 5.28. The van der Waals surface area contributed by atoms with E-state index in [1.807, 2.05) is 0 Å². The molecular formula is C12H19N3O2. The van der Waals surface area contributed by atoms with Gasteiger partial charge in [0.05, 0.1) is 13.2 Å². The number of nitrogens with zero attached hydrogens (tertiary/aromatic N) is 2. The highest BCUT2D eigenvalue weighted by atomic mass is 16.6. The monoisotopic (exact) mass is 237 g/mol. The maximum absolute atomic E-state index is 5.42. The molecule has 1 unspecified atom stereocenters. The topological polar surface area (TPSA) is 56.3 Å². The van der Waals surface area contributed by atoms with Crippen molar-refractivity contribution in [2.75, 3.05) is 25.3 Å². The molecule has 0 radical (unpaired) electrons. The van der Waals surface area contributed by atoms with Gasteiger partial charge in [-0.2, -0.15) is 0 Å². The molecule has 1 N–H and O–H groups in total. The van der Waals surface area contributed by atoms with Crippen molar-refractivity contribution in [3.63, 3.8) is 0 Å². The van der Waals surface area contributed by atoms with Gasteiger partial charge in [0.2, 0.25) is 0 Å². The summed E-state index contributed by atoms with van der Waals surface area (Å²) in [4.78, 5) is 14.0. The standard InChI is InChI=1S/C12H19N3O2/c1-9(2)12-13-5-3-11(14-12)15-17-8-10-4-6-16-7-10/h3,5,9-10H,4,6-8H2,1-2H3,(H,13,14,15). The van der Waals surface area contributed by atoms with E-state index >= 15 is 0 Å². The van der Waals surface area contributed by atoms with E-state index in [1.165, 1.54) is 0 Å². The van der Waals surface area contributed by atoms with E-state index in [9.17, 15) is 0 Å². The molecule has 0 bridgehead atoms. The van der Waals surface area contributed by atoms with Crippen LogP contribution in [-0.2, 0) is 9.57 Å². The van der Waals surface area contributed by atoms with Crippen LogP contribution in [0.15, 0.2) is 12.3 Å². The first-order valence-electron chi connectivity index (χ1n) is 6.04. The Morgan fingerprint density at radius 1 is 1.59 bits per heavy atom. The van der Waals surface area contributed by atoms with Crippen LogP contribution in [0.4, 0.5) is 5.82 Å². The molecule has 1 aromatic heterocycles. The smallest absolute Gasteiger partial charge is 0.153 e. The van der Waals surface area contributed by atoms with Gasteiger partial charge >= 0.3 is 0 Å². The fraction of sp³-hybridized carbons (Fsp3) is 0.667. The van der Waals surface area contributed by atoms with Gasteiger partial charge in [-0.25, -0.2) is 15.4 Å². The predicted molar refractivity (Wildman–Crippen MR) is 64.6 cm³/mol. The third kappa shape index (κ3) is 3.64. The Bertz CT molecular complexity index is 351. The van der Waals surface area contributed by atoms with Crippen molar-refractivity contribution >= 4 is 5.82 Å². The Morgan fingerprint density at radius 3 is 3.18 bits per heavy atom. The van der Waals surface area contributed by atoms with Crippen molar-refractivity contribution in [2.24, 2.45) is 5.92 Å². The minimum atomic E-state index is 0.319. The number of hydrogen-bond acceptors (Lipinski definition) is 5. The largest absolute Gasteiger partial charge is 0.381 e. The van der Waals surface area contributed by atoms with Gasteiger partial charge in [-0.05, 0) is 6.42 Å². The van der Waals surface area contributed by atoms with Gasteiger partial charge < -0.3 is 4.74 Å². The average molecular weight is 237 g/mol. The van der Waals surface area contributed by atoms with E-state index < -0.39 is 0 Å². The average Bonchev–Trinajstić information content (AvgIpc) is 2.82. The molecule has 2 heterocycles. The van der Waals surface area contributed by atoms with Gasteiger partial charge in [0.15, 0.2) is 5.82 Å². The minimum Gasteiger partial charge on any atom is -0.381 e. The molecule has 1 fully saturated rings. The van der Waals surface area contributed by atoms with E-state index in [1.54, 1.807) is 12.3 Å². The molecule has 0 amide bonds. The van der Waals surface area contributed by atoms with Crippen LogP contribution in [0.3, 0.4) is 0 Å². The molecule has 0 aromatic carbocycles. The summed E-state index contributed by atoms with van der Waals surface area (Å²) >= 11 is 0. The molecule has 1 saturated heterocycles. The van der Waals surface area contributed by atoms with Crippen LogP contribution < -0.4 is 5.48 Å². The molecule has 5 heteroatoms. The highest BCUT2D eigenvalue weighted by molar-refractivity contribution is 5.30. The predicted octanol–water partition coefficient (Wildman–Crippen LogP) is 1.98. The number of nitrogens with one attached hydrogen (secondary N) is 1. The molecule has 1 aliphatic heterocycles. The van der Waals surface area contributed by atoms with Crippen LogP contribution in [-0.4, -0.2) is 29.8 Å². The first kappa shape index (κ1) is 12.3. The molecule has 1 aromatic rings. The SMILES string of the molecule is CC(C)c1nccc(NOCC2CCOC2)n1. The van der Waals surface area contributed by atoms with E-state index in [2.05, 4.69) is 29.3 Å². The maximum atomic E-state index is 5.42. The second-order valence-corrected chi connectivity index (χ2v) is 4.60. The highest BCUT2D eigenvalue weighted by Crippen LogP contribution is 2.14. The molecule has 17 heavy (non-hydrogen) atoms. The van der Waals surface area contributed by atoms with Gasteiger partial charge in [0, 0.05) is 30.7 Å². The Hall–Kier alpha value is -1.20. The third-order valence-corrected chi connectivity index (χ3v) is 2.71. The van der Waals surface area contributed by atoms with Crippen LogP contribution in [0, 0.1) is 5.92 Å². The summed E-state index contributed by atoms with van der Waals surface area (Å²) in [6.45, 7) is 6.43. The molecular weight excluding hydrogens is 218 g/mol. The zero-order chi connectivity index (χ0) is 12.1. The molecule has 2 rings (SSSR count). The summed E-state index contributed by atoms with van der Waals surface area (Å²) in [7, 11) is 0. The molecule has 0 spiro atoms. The van der Waals surface area contributed by atoms with Crippen molar-refractivity contribution in [2.45, 2.75) is 26.2 Å². The van der Waals surface area contributed by atoms with Crippen LogP contribution in [0.2, 0.25) is 0 Å². The Kier molecular flexibility index (Phi) is 4.28. The van der Waals surface area contributed by atoms with Gasteiger partial charge in [-0.15, -0.1) is 0 Å².